The molecule has 1 aliphatic heterocycles. The van der Waals surface area contributed by atoms with Gasteiger partial charge >= 0.3 is 0 Å². The van der Waals surface area contributed by atoms with Crippen molar-refractivity contribution in [3.05, 3.63) is 53.6 Å². The second-order valence-electron chi connectivity index (χ2n) is 8.69. The zero-order chi connectivity index (χ0) is 22.6. The molecule has 1 fully saturated rings. The Morgan fingerprint density at radius 3 is 2.34 bits per heavy atom. The Morgan fingerprint density at radius 2 is 1.62 bits per heavy atom. The Kier molecular flexibility index (Phi) is 7.16. The second kappa shape index (κ2) is 10.0. The van der Waals surface area contributed by atoms with Gasteiger partial charge in [0.25, 0.3) is 5.91 Å². The molecule has 7 heteroatoms. The van der Waals surface area contributed by atoms with Crippen LogP contribution in [0.15, 0.2) is 47.4 Å². The van der Waals surface area contributed by atoms with Gasteiger partial charge in [0.05, 0.1) is 4.90 Å². The zero-order valence-electron chi connectivity index (χ0n) is 18.7. The molecule has 2 aromatic carbocycles. The maximum Gasteiger partial charge on any atom is 0.265 e. The minimum Gasteiger partial charge on any atom is -0.481 e. The molecule has 1 amide bonds. The van der Waals surface area contributed by atoms with E-state index in [2.05, 4.69) is 11.4 Å². The van der Waals surface area contributed by atoms with Crippen LogP contribution in [0.25, 0.3) is 0 Å². The summed E-state index contributed by atoms with van der Waals surface area (Å²) in [5.41, 5.74) is 3.07. The highest BCUT2D eigenvalue weighted by molar-refractivity contribution is 7.89. The van der Waals surface area contributed by atoms with Gasteiger partial charge in [-0.15, -0.1) is 0 Å². The third-order valence-corrected chi connectivity index (χ3v) is 8.26. The van der Waals surface area contributed by atoms with Crippen LogP contribution in [-0.4, -0.2) is 37.8 Å². The summed E-state index contributed by atoms with van der Waals surface area (Å²) in [6.45, 7) is 2.87. The van der Waals surface area contributed by atoms with Crippen LogP contribution in [0, 0.1) is 0 Å². The highest BCUT2D eigenvalue weighted by Gasteiger charge is 2.25. The molecule has 0 aromatic heterocycles. The van der Waals surface area contributed by atoms with E-state index in [4.69, 9.17) is 4.74 Å². The van der Waals surface area contributed by atoms with Gasteiger partial charge in [-0.1, -0.05) is 25.0 Å². The summed E-state index contributed by atoms with van der Waals surface area (Å²) in [5, 5.41) is 2.84. The van der Waals surface area contributed by atoms with Crippen molar-refractivity contribution in [3.63, 3.8) is 0 Å². The van der Waals surface area contributed by atoms with Crippen molar-refractivity contribution < 1.29 is 17.9 Å². The van der Waals surface area contributed by atoms with Gasteiger partial charge in [-0.3, -0.25) is 4.79 Å². The van der Waals surface area contributed by atoms with E-state index in [1.54, 1.807) is 35.5 Å². The summed E-state index contributed by atoms with van der Waals surface area (Å²) in [7, 11) is -3.50. The summed E-state index contributed by atoms with van der Waals surface area (Å²) in [5.74, 6) is 0.519. The lowest BCUT2D eigenvalue weighted by Gasteiger charge is -2.22. The Balaban J connectivity index is 1.39. The van der Waals surface area contributed by atoms with E-state index in [1.165, 1.54) is 17.5 Å². The molecular formula is C25H32N2O4S. The quantitative estimate of drug-likeness (QED) is 0.693. The lowest BCUT2D eigenvalue weighted by Crippen LogP contribution is -2.32. The highest BCUT2D eigenvalue weighted by Crippen LogP contribution is 2.30. The molecule has 1 atom stereocenters. The Morgan fingerprint density at radius 1 is 0.938 bits per heavy atom. The first-order chi connectivity index (χ1) is 15.4. The van der Waals surface area contributed by atoms with Crippen LogP contribution in [-0.2, 0) is 27.7 Å². The summed E-state index contributed by atoms with van der Waals surface area (Å²) in [4.78, 5) is 13.0. The number of hydrogen-bond donors (Lipinski definition) is 1. The SMILES string of the molecule is CC(Oc1cccc2c1CCCC2)C(=O)Nc1ccc(S(=O)(=O)N2CCCCCC2)cc1. The standard InChI is InChI=1S/C25H32N2O4S/c1-19(31-24-12-8-10-20-9-4-5-11-23(20)24)25(28)26-21-13-15-22(16-14-21)32(29,30)27-17-6-2-3-7-18-27/h8,10,12-16,19H,2-7,9,11,17-18H2,1H3,(H,26,28). The van der Waals surface area contributed by atoms with Crippen LogP contribution in [0.5, 0.6) is 5.75 Å². The van der Waals surface area contributed by atoms with Crippen LogP contribution >= 0.6 is 0 Å². The van der Waals surface area contributed by atoms with Crippen molar-refractivity contribution in [3.8, 4) is 5.75 Å². The predicted octanol–water partition coefficient (Wildman–Crippen LogP) is 4.54. The third-order valence-electron chi connectivity index (χ3n) is 6.35. The van der Waals surface area contributed by atoms with Crippen LogP contribution in [0.4, 0.5) is 5.69 Å². The number of aryl methyl sites for hydroxylation is 1. The zero-order valence-corrected chi connectivity index (χ0v) is 19.5. The van der Waals surface area contributed by atoms with Crippen LogP contribution in [0.2, 0.25) is 0 Å². The molecule has 0 saturated carbocycles. The number of nitrogens with zero attached hydrogens (tertiary/aromatic N) is 1. The van der Waals surface area contributed by atoms with Gasteiger partial charge in [0, 0.05) is 18.8 Å². The molecule has 172 valence electrons. The van der Waals surface area contributed by atoms with Gasteiger partial charge in [-0.05, 0) is 86.9 Å². The molecule has 1 saturated heterocycles. The largest absolute Gasteiger partial charge is 0.481 e. The molecule has 1 N–H and O–H groups in total. The number of carbonyl (C=O) groups excluding carboxylic acids is 1. The van der Waals surface area contributed by atoms with Crippen LogP contribution in [0.1, 0.15) is 56.6 Å². The van der Waals surface area contributed by atoms with Crippen LogP contribution < -0.4 is 10.1 Å². The number of amides is 1. The predicted molar refractivity (Wildman–Crippen MR) is 125 cm³/mol. The number of ether oxygens (including phenoxy) is 1. The Labute approximate surface area is 191 Å². The van der Waals surface area contributed by atoms with E-state index < -0.39 is 16.1 Å². The van der Waals surface area contributed by atoms with Crippen molar-refractivity contribution in [1.29, 1.82) is 0 Å². The van der Waals surface area contributed by atoms with Gasteiger partial charge in [-0.25, -0.2) is 8.42 Å². The molecule has 4 rings (SSSR count). The molecule has 0 spiro atoms. The highest BCUT2D eigenvalue weighted by atomic mass is 32.2. The van der Waals surface area contributed by atoms with E-state index in [9.17, 15) is 13.2 Å². The average molecular weight is 457 g/mol. The number of anilines is 1. The molecule has 1 unspecified atom stereocenters. The minimum atomic E-state index is -3.50. The maximum atomic E-state index is 12.9. The normalized spacial score (nSPS) is 18.3. The number of hydrogen-bond acceptors (Lipinski definition) is 4. The molecule has 1 heterocycles. The van der Waals surface area contributed by atoms with Gasteiger partial charge in [-0.2, -0.15) is 4.31 Å². The number of rotatable bonds is 6. The van der Waals surface area contributed by atoms with Crippen molar-refractivity contribution in [2.24, 2.45) is 0 Å². The van der Waals surface area contributed by atoms with Gasteiger partial charge in [0.2, 0.25) is 10.0 Å². The summed E-state index contributed by atoms with van der Waals surface area (Å²) >= 11 is 0. The lowest BCUT2D eigenvalue weighted by molar-refractivity contribution is -0.122. The van der Waals surface area contributed by atoms with Crippen molar-refractivity contribution in [1.82, 2.24) is 4.31 Å². The number of nitrogens with one attached hydrogen (secondary N) is 1. The summed E-state index contributed by atoms with van der Waals surface area (Å²) < 4.78 is 33.4. The van der Waals surface area contributed by atoms with Crippen molar-refractivity contribution in [2.75, 3.05) is 18.4 Å². The molecule has 1 aliphatic carbocycles. The van der Waals surface area contributed by atoms with Crippen LogP contribution in [0.3, 0.4) is 0 Å². The maximum absolute atomic E-state index is 12.9. The third kappa shape index (κ3) is 5.15. The smallest absolute Gasteiger partial charge is 0.265 e. The first-order valence-corrected chi connectivity index (χ1v) is 13.1. The fourth-order valence-corrected chi connectivity index (χ4v) is 6.00. The summed E-state index contributed by atoms with van der Waals surface area (Å²) in [6.07, 6.45) is 7.64. The molecule has 2 aromatic rings. The van der Waals surface area contributed by atoms with E-state index in [0.717, 1.165) is 50.7 Å². The molecule has 32 heavy (non-hydrogen) atoms. The van der Waals surface area contributed by atoms with E-state index in [1.807, 2.05) is 12.1 Å². The van der Waals surface area contributed by atoms with Gasteiger partial charge in [0.1, 0.15) is 5.75 Å². The Bertz CT molecular complexity index is 1040. The van der Waals surface area contributed by atoms with E-state index >= 15 is 0 Å². The minimum absolute atomic E-state index is 0.262. The molecule has 2 aliphatic rings. The fourth-order valence-electron chi connectivity index (χ4n) is 4.49. The van der Waals surface area contributed by atoms with Gasteiger partial charge < -0.3 is 10.1 Å². The summed E-state index contributed by atoms with van der Waals surface area (Å²) in [6, 6.07) is 12.4. The molecular weight excluding hydrogens is 424 g/mol. The van der Waals surface area contributed by atoms with Crippen molar-refractivity contribution >= 4 is 21.6 Å². The fraction of sp³-hybridized carbons (Fsp3) is 0.480. The average Bonchev–Trinajstić information content (AvgIpc) is 3.10. The number of carbonyl (C=O) groups is 1. The molecule has 0 bridgehead atoms. The first-order valence-electron chi connectivity index (χ1n) is 11.6. The monoisotopic (exact) mass is 456 g/mol. The van der Waals surface area contributed by atoms with Crippen molar-refractivity contribution in [2.45, 2.75) is 69.3 Å². The second-order valence-corrected chi connectivity index (χ2v) is 10.6. The van der Waals surface area contributed by atoms with E-state index in [-0.39, 0.29) is 10.8 Å². The topological polar surface area (TPSA) is 75.7 Å². The van der Waals surface area contributed by atoms with Gasteiger partial charge in [0.15, 0.2) is 6.10 Å². The molecule has 0 radical (unpaired) electrons. The van der Waals surface area contributed by atoms with E-state index in [0.29, 0.717) is 18.8 Å². The Hall–Kier alpha value is -2.38. The number of benzene rings is 2. The molecule has 6 nitrogen and oxygen atoms in total. The first kappa shape index (κ1) is 22.8. The number of sulfonamides is 1. The lowest BCUT2D eigenvalue weighted by atomic mass is 9.91. The number of fused-ring (bicyclic) bond motifs is 1.